The largest absolute Gasteiger partial charge is 0.508 e. The number of carbonyl (C=O) groups is 1. The topological polar surface area (TPSA) is 35.5 Å². The van der Waals surface area contributed by atoms with Gasteiger partial charge in [-0.25, -0.2) is 4.79 Å². The summed E-state index contributed by atoms with van der Waals surface area (Å²) in [6.07, 6.45) is 7.31. The summed E-state index contributed by atoms with van der Waals surface area (Å²) in [6, 6.07) is 0. The minimum absolute atomic E-state index is 0.306. The minimum Gasteiger partial charge on any atom is -0.438 e. The van der Waals surface area contributed by atoms with Crippen LogP contribution < -0.4 is 0 Å². The van der Waals surface area contributed by atoms with Crippen LogP contribution in [-0.2, 0) is 9.47 Å². The Labute approximate surface area is 117 Å². The molecule has 0 aromatic heterocycles. The van der Waals surface area contributed by atoms with Crippen molar-refractivity contribution in [1.82, 2.24) is 0 Å². The van der Waals surface area contributed by atoms with Crippen LogP contribution in [0.5, 0.6) is 0 Å². The highest BCUT2D eigenvalue weighted by molar-refractivity contribution is 5.60. The summed E-state index contributed by atoms with van der Waals surface area (Å²) in [6.45, 7) is 6.12. The molecule has 0 aliphatic heterocycles. The van der Waals surface area contributed by atoms with Crippen molar-refractivity contribution in [3.8, 4) is 11.8 Å². The van der Waals surface area contributed by atoms with Gasteiger partial charge in [0.25, 0.3) is 0 Å². The van der Waals surface area contributed by atoms with Crippen molar-refractivity contribution in [2.75, 3.05) is 7.11 Å². The van der Waals surface area contributed by atoms with Gasteiger partial charge in [0, 0.05) is 12.0 Å². The Balaban J connectivity index is 4.51. The highest BCUT2D eigenvalue weighted by Gasteiger charge is 2.07. The number of methoxy groups -OCH3 is 1. The molecule has 0 spiro atoms. The van der Waals surface area contributed by atoms with E-state index in [1.54, 1.807) is 0 Å². The minimum atomic E-state index is -0.655. The van der Waals surface area contributed by atoms with Gasteiger partial charge in [0.15, 0.2) is 0 Å². The Morgan fingerprint density at radius 2 is 1.95 bits per heavy atom. The van der Waals surface area contributed by atoms with Gasteiger partial charge in [-0.05, 0) is 32.3 Å². The summed E-state index contributed by atoms with van der Waals surface area (Å²) in [4.78, 5) is 11.0. The summed E-state index contributed by atoms with van der Waals surface area (Å²) >= 11 is 0. The van der Waals surface area contributed by atoms with E-state index in [9.17, 15) is 4.79 Å². The van der Waals surface area contributed by atoms with Crippen molar-refractivity contribution in [2.24, 2.45) is 0 Å². The van der Waals surface area contributed by atoms with E-state index in [2.05, 4.69) is 30.4 Å². The van der Waals surface area contributed by atoms with E-state index in [1.807, 2.05) is 13.0 Å². The molecule has 1 unspecified atom stereocenters. The van der Waals surface area contributed by atoms with E-state index in [4.69, 9.17) is 4.74 Å². The van der Waals surface area contributed by atoms with Gasteiger partial charge in [-0.1, -0.05) is 38.5 Å². The molecule has 1 atom stereocenters. The molecule has 0 rings (SSSR count). The smallest absolute Gasteiger partial charge is 0.438 e. The van der Waals surface area contributed by atoms with Crippen LogP contribution in [0, 0.1) is 11.8 Å². The first-order valence-electron chi connectivity index (χ1n) is 7.08. The Bertz CT molecular complexity index is 334. The Kier molecular flexibility index (Phi) is 10.8. The fourth-order valence-electron chi connectivity index (χ4n) is 1.51. The third-order valence-electron chi connectivity index (χ3n) is 2.59. The van der Waals surface area contributed by atoms with Crippen LogP contribution in [0.25, 0.3) is 0 Å². The van der Waals surface area contributed by atoms with E-state index in [-0.39, 0.29) is 6.10 Å². The molecule has 0 N–H and O–H groups in total. The molecular weight excluding hydrogens is 240 g/mol. The van der Waals surface area contributed by atoms with Gasteiger partial charge in [0.1, 0.15) is 6.10 Å². The monoisotopic (exact) mass is 266 g/mol. The molecule has 0 bridgehead atoms. The summed E-state index contributed by atoms with van der Waals surface area (Å²) in [5.41, 5.74) is 1.05. The number of rotatable bonds is 7. The number of allylic oxidation sites excluding steroid dienone is 1. The van der Waals surface area contributed by atoms with E-state index in [0.717, 1.165) is 44.1 Å². The molecular formula is C16H26O3. The number of carbonyl (C=O) groups excluding carboxylic acids is 1. The molecule has 0 aliphatic rings. The van der Waals surface area contributed by atoms with E-state index in [1.165, 1.54) is 7.11 Å². The molecule has 19 heavy (non-hydrogen) atoms. The van der Waals surface area contributed by atoms with Gasteiger partial charge < -0.3 is 9.47 Å². The fraction of sp³-hybridized carbons (Fsp3) is 0.688. The summed E-state index contributed by atoms with van der Waals surface area (Å²) in [5.74, 6) is 6.37. The normalized spacial score (nSPS) is 12.3. The zero-order valence-electron chi connectivity index (χ0n) is 12.6. The summed E-state index contributed by atoms with van der Waals surface area (Å²) < 4.78 is 9.50. The van der Waals surface area contributed by atoms with Crippen molar-refractivity contribution in [3.05, 3.63) is 11.6 Å². The molecule has 0 aromatic rings. The third kappa shape index (κ3) is 10.2. The number of unbranched alkanes of at least 4 members (excludes halogenated alkanes) is 3. The average Bonchev–Trinajstić information content (AvgIpc) is 2.40. The lowest BCUT2D eigenvalue weighted by Gasteiger charge is -2.09. The van der Waals surface area contributed by atoms with Gasteiger partial charge in [0.2, 0.25) is 0 Å². The van der Waals surface area contributed by atoms with E-state index < -0.39 is 6.16 Å². The quantitative estimate of drug-likeness (QED) is 0.387. The molecule has 0 heterocycles. The van der Waals surface area contributed by atoms with Gasteiger partial charge in [-0.15, -0.1) is 0 Å². The first kappa shape index (κ1) is 17.6. The summed E-state index contributed by atoms with van der Waals surface area (Å²) in [5, 5.41) is 0. The molecule has 0 aliphatic carbocycles. The molecule has 0 saturated carbocycles. The molecule has 3 nitrogen and oxygen atoms in total. The van der Waals surface area contributed by atoms with Crippen LogP contribution in [0.1, 0.15) is 59.3 Å². The van der Waals surface area contributed by atoms with E-state index >= 15 is 0 Å². The molecule has 108 valence electrons. The maximum atomic E-state index is 11.0. The Morgan fingerprint density at radius 3 is 2.53 bits per heavy atom. The zero-order chi connectivity index (χ0) is 14.5. The molecule has 3 heteroatoms. The second-order valence-electron chi connectivity index (χ2n) is 4.48. The Morgan fingerprint density at radius 1 is 1.26 bits per heavy atom. The lowest BCUT2D eigenvalue weighted by atomic mass is 10.1. The number of hydrogen-bond donors (Lipinski definition) is 0. The number of hydrogen-bond acceptors (Lipinski definition) is 3. The molecule has 0 fully saturated rings. The maximum absolute atomic E-state index is 11.0. The van der Waals surface area contributed by atoms with Crippen LogP contribution >= 0.6 is 0 Å². The van der Waals surface area contributed by atoms with Crippen molar-refractivity contribution < 1.29 is 14.3 Å². The molecule has 0 saturated heterocycles. The highest BCUT2D eigenvalue weighted by atomic mass is 16.7. The maximum Gasteiger partial charge on any atom is 0.508 e. The van der Waals surface area contributed by atoms with Gasteiger partial charge in [-0.2, -0.15) is 0 Å². The Hall–Kier alpha value is -1.43. The average molecular weight is 266 g/mol. The van der Waals surface area contributed by atoms with Gasteiger partial charge in [0.05, 0.1) is 7.11 Å². The SMILES string of the molecule is CCCCC#C/C(=C/C(C)OC(=O)OC)CCCC. The van der Waals surface area contributed by atoms with Crippen LogP contribution in [0.3, 0.4) is 0 Å². The second-order valence-corrected chi connectivity index (χ2v) is 4.48. The fourth-order valence-corrected chi connectivity index (χ4v) is 1.51. The van der Waals surface area contributed by atoms with Gasteiger partial charge >= 0.3 is 6.16 Å². The predicted molar refractivity (Wildman–Crippen MR) is 77.9 cm³/mol. The van der Waals surface area contributed by atoms with Gasteiger partial charge in [-0.3, -0.25) is 0 Å². The van der Waals surface area contributed by atoms with E-state index in [0.29, 0.717) is 0 Å². The summed E-state index contributed by atoms with van der Waals surface area (Å²) in [7, 11) is 1.31. The van der Waals surface area contributed by atoms with Crippen molar-refractivity contribution in [2.45, 2.75) is 65.4 Å². The highest BCUT2D eigenvalue weighted by Crippen LogP contribution is 2.09. The molecule has 0 amide bonds. The first-order valence-corrected chi connectivity index (χ1v) is 7.08. The second kappa shape index (κ2) is 11.6. The number of ether oxygens (including phenoxy) is 2. The van der Waals surface area contributed by atoms with Crippen molar-refractivity contribution >= 4 is 6.16 Å². The van der Waals surface area contributed by atoms with Crippen molar-refractivity contribution in [1.29, 1.82) is 0 Å². The lowest BCUT2D eigenvalue weighted by molar-refractivity contribution is 0.0577. The first-order chi connectivity index (χ1) is 9.13. The zero-order valence-corrected chi connectivity index (χ0v) is 12.6. The van der Waals surface area contributed by atoms with Crippen molar-refractivity contribution in [3.63, 3.8) is 0 Å². The third-order valence-corrected chi connectivity index (χ3v) is 2.59. The standard InChI is InChI=1S/C16H26O3/c1-5-7-9-10-12-15(11-8-6-2)13-14(3)19-16(17)18-4/h13-14H,5-9,11H2,1-4H3/b15-13+. The van der Waals surface area contributed by atoms with Crippen LogP contribution in [0.4, 0.5) is 4.79 Å². The molecule has 0 aromatic carbocycles. The van der Waals surface area contributed by atoms with Crippen LogP contribution in [0.15, 0.2) is 11.6 Å². The molecule has 0 radical (unpaired) electrons. The predicted octanol–water partition coefficient (Wildman–Crippen LogP) is 4.47. The van der Waals surface area contributed by atoms with Crippen LogP contribution in [0.2, 0.25) is 0 Å². The lowest BCUT2D eigenvalue weighted by Crippen LogP contribution is -2.12. The van der Waals surface area contributed by atoms with Crippen LogP contribution in [-0.4, -0.2) is 19.4 Å².